The highest BCUT2D eigenvalue weighted by Crippen LogP contribution is 2.41. The molecule has 1 heterocycles. The van der Waals surface area contributed by atoms with Gasteiger partial charge in [0, 0.05) is 38.1 Å². The fourth-order valence-electron chi connectivity index (χ4n) is 3.79. The monoisotopic (exact) mass is 415 g/mol. The van der Waals surface area contributed by atoms with Gasteiger partial charge in [0.1, 0.15) is 0 Å². The number of nitrogens with one attached hydrogen (secondary N) is 1. The Morgan fingerprint density at radius 1 is 1.10 bits per heavy atom. The third kappa shape index (κ3) is 4.16. The molecule has 7 heteroatoms. The summed E-state index contributed by atoms with van der Waals surface area (Å²) < 4.78 is 28.2. The fraction of sp³-hybridized carbons (Fsp3) is 0.409. The molecular formula is C22H29N3O3S. The molecule has 0 saturated heterocycles. The standard InChI is InChI=1S/C22H29N3O3S/c1-5-25(17-10-7-6-8-11-17)15-9-14-23-29(27,28)18-12-13-20-19(16-18)22(2,3)21(26)24(20)4/h6-8,10-13,16,23H,5,9,14-15H2,1-4H3. The van der Waals surface area contributed by atoms with Gasteiger partial charge in [-0.05, 0) is 63.1 Å². The lowest BCUT2D eigenvalue weighted by Crippen LogP contribution is -2.33. The second kappa shape index (κ2) is 8.16. The number of anilines is 2. The van der Waals surface area contributed by atoms with Crippen LogP contribution in [0.4, 0.5) is 11.4 Å². The minimum absolute atomic E-state index is 0.0319. The number of benzene rings is 2. The van der Waals surface area contributed by atoms with E-state index in [0.29, 0.717) is 13.0 Å². The number of rotatable bonds is 8. The van der Waals surface area contributed by atoms with Crippen molar-refractivity contribution in [2.24, 2.45) is 0 Å². The van der Waals surface area contributed by atoms with Gasteiger partial charge >= 0.3 is 0 Å². The molecule has 0 atom stereocenters. The van der Waals surface area contributed by atoms with Crippen LogP contribution in [0.1, 0.15) is 32.8 Å². The van der Waals surface area contributed by atoms with E-state index in [2.05, 4.69) is 28.7 Å². The molecule has 0 saturated carbocycles. The Morgan fingerprint density at radius 2 is 1.79 bits per heavy atom. The molecular weight excluding hydrogens is 386 g/mol. The second-order valence-electron chi connectivity index (χ2n) is 7.83. The van der Waals surface area contributed by atoms with E-state index in [1.165, 1.54) is 0 Å². The third-order valence-electron chi connectivity index (χ3n) is 5.55. The highest BCUT2D eigenvalue weighted by atomic mass is 32.2. The minimum Gasteiger partial charge on any atom is -0.372 e. The van der Waals surface area contributed by atoms with Crippen molar-refractivity contribution in [3.05, 3.63) is 54.1 Å². The summed E-state index contributed by atoms with van der Waals surface area (Å²) >= 11 is 0. The summed E-state index contributed by atoms with van der Waals surface area (Å²) in [6.45, 7) is 7.71. The topological polar surface area (TPSA) is 69.7 Å². The van der Waals surface area contributed by atoms with E-state index >= 15 is 0 Å². The number of nitrogens with zero attached hydrogens (tertiary/aromatic N) is 2. The molecule has 2 aromatic carbocycles. The van der Waals surface area contributed by atoms with Crippen molar-refractivity contribution >= 4 is 27.3 Å². The number of para-hydroxylation sites is 1. The maximum Gasteiger partial charge on any atom is 0.240 e. The molecule has 0 radical (unpaired) electrons. The first-order chi connectivity index (χ1) is 13.7. The molecule has 1 aliphatic rings. The number of hydrogen-bond acceptors (Lipinski definition) is 4. The summed E-state index contributed by atoms with van der Waals surface area (Å²) in [5.41, 5.74) is 1.91. The average Bonchev–Trinajstić information content (AvgIpc) is 2.89. The maximum atomic E-state index is 12.8. The van der Waals surface area contributed by atoms with Crippen LogP contribution in [-0.2, 0) is 20.2 Å². The molecule has 0 aliphatic carbocycles. The van der Waals surface area contributed by atoms with Gasteiger partial charge in [0.05, 0.1) is 10.3 Å². The van der Waals surface area contributed by atoms with Crippen LogP contribution in [-0.4, -0.2) is 41.0 Å². The first-order valence-electron chi connectivity index (χ1n) is 9.91. The zero-order valence-corrected chi connectivity index (χ0v) is 18.3. The molecule has 0 spiro atoms. The molecule has 6 nitrogen and oxygen atoms in total. The normalized spacial score (nSPS) is 15.4. The number of hydrogen-bond donors (Lipinski definition) is 1. The van der Waals surface area contributed by atoms with Crippen LogP contribution in [0.2, 0.25) is 0 Å². The maximum absolute atomic E-state index is 12.8. The summed E-state index contributed by atoms with van der Waals surface area (Å²) in [7, 11) is -1.92. The number of sulfonamides is 1. The van der Waals surface area contributed by atoms with Crippen molar-refractivity contribution in [2.75, 3.05) is 36.5 Å². The quantitative estimate of drug-likeness (QED) is 0.673. The second-order valence-corrected chi connectivity index (χ2v) is 9.60. The summed E-state index contributed by atoms with van der Waals surface area (Å²) in [6.07, 6.45) is 0.694. The number of fused-ring (bicyclic) bond motifs is 1. The first kappa shape index (κ1) is 21.3. The lowest BCUT2D eigenvalue weighted by atomic mass is 9.86. The Balaban J connectivity index is 1.65. The predicted octanol–water partition coefficient (Wildman–Crippen LogP) is 3.14. The SMILES string of the molecule is CCN(CCCNS(=O)(=O)c1ccc2c(c1)C(C)(C)C(=O)N2C)c1ccccc1. The zero-order chi connectivity index (χ0) is 21.2. The van der Waals surface area contributed by atoms with Crippen LogP contribution in [0.15, 0.2) is 53.4 Å². The van der Waals surface area contributed by atoms with E-state index in [-0.39, 0.29) is 10.8 Å². The van der Waals surface area contributed by atoms with Crippen molar-refractivity contribution in [1.82, 2.24) is 4.72 Å². The van der Waals surface area contributed by atoms with E-state index in [1.807, 2.05) is 32.0 Å². The molecule has 0 unspecified atom stereocenters. The largest absolute Gasteiger partial charge is 0.372 e. The molecule has 0 fully saturated rings. The van der Waals surface area contributed by atoms with E-state index in [0.717, 1.165) is 30.0 Å². The Hall–Kier alpha value is -2.38. The van der Waals surface area contributed by atoms with Crippen molar-refractivity contribution in [2.45, 2.75) is 37.5 Å². The van der Waals surface area contributed by atoms with Gasteiger partial charge in [0.15, 0.2) is 0 Å². The van der Waals surface area contributed by atoms with Crippen LogP contribution < -0.4 is 14.5 Å². The van der Waals surface area contributed by atoms with Crippen molar-refractivity contribution in [3.8, 4) is 0 Å². The number of carbonyl (C=O) groups excluding carboxylic acids is 1. The highest BCUT2D eigenvalue weighted by molar-refractivity contribution is 7.89. The van der Waals surface area contributed by atoms with Crippen molar-refractivity contribution < 1.29 is 13.2 Å². The Labute approximate surface area is 173 Å². The minimum atomic E-state index is -3.63. The van der Waals surface area contributed by atoms with Crippen LogP contribution in [0.3, 0.4) is 0 Å². The Bertz CT molecular complexity index is 988. The predicted molar refractivity (Wildman–Crippen MR) is 117 cm³/mol. The first-order valence-corrected chi connectivity index (χ1v) is 11.4. The van der Waals surface area contributed by atoms with E-state index in [4.69, 9.17) is 0 Å². The summed E-state index contributed by atoms with van der Waals surface area (Å²) in [5, 5.41) is 0. The van der Waals surface area contributed by atoms with Crippen LogP contribution in [0.25, 0.3) is 0 Å². The fourth-order valence-corrected chi connectivity index (χ4v) is 4.89. The molecule has 0 aromatic heterocycles. The van der Waals surface area contributed by atoms with Crippen LogP contribution in [0, 0.1) is 0 Å². The molecule has 1 aliphatic heterocycles. The molecule has 1 N–H and O–H groups in total. The highest BCUT2D eigenvalue weighted by Gasteiger charge is 2.42. The van der Waals surface area contributed by atoms with Gasteiger partial charge in [0.25, 0.3) is 0 Å². The van der Waals surface area contributed by atoms with E-state index in [9.17, 15) is 13.2 Å². The lowest BCUT2D eigenvalue weighted by molar-refractivity contribution is -0.121. The molecule has 3 rings (SSSR count). The van der Waals surface area contributed by atoms with Gasteiger partial charge in [-0.15, -0.1) is 0 Å². The van der Waals surface area contributed by atoms with Gasteiger partial charge < -0.3 is 9.80 Å². The average molecular weight is 416 g/mol. The van der Waals surface area contributed by atoms with Crippen molar-refractivity contribution in [1.29, 1.82) is 0 Å². The number of carbonyl (C=O) groups is 1. The van der Waals surface area contributed by atoms with E-state index < -0.39 is 15.4 Å². The molecule has 2 aromatic rings. The van der Waals surface area contributed by atoms with Gasteiger partial charge in [-0.2, -0.15) is 0 Å². The number of likely N-dealkylation sites (N-methyl/N-ethyl adjacent to an activating group) is 1. The van der Waals surface area contributed by atoms with Gasteiger partial charge in [-0.3, -0.25) is 4.79 Å². The van der Waals surface area contributed by atoms with Gasteiger partial charge in [-0.25, -0.2) is 13.1 Å². The van der Waals surface area contributed by atoms with E-state index in [1.54, 1.807) is 30.1 Å². The molecule has 156 valence electrons. The molecule has 0 bridgehead atoms. The Morgan fingerprint density at radius 3 is 2.45 bits per heavy atom. The summed E-state index contributed by atoms with van der Waals surface area (Å²) in [5.74, 6) is -0.0319. The smallest absolute Gasteiger partial charge is 0.240 e. The van der Waals surface area contributed by atoms with Crippen LogP contribution in [0.5, 0.6) is 0 Å². The van der Waals surface area contributed by atoms with Gasteiger partial charge in [-0.1, -0.05) is 18.2 Å². The Kier molecular flexibility index (Phi) is 6.00. The summed E-state index contributed by atoms with van der Waals surface area (Å²) in [4.78, 5) is 16.4. The van der Waals surface area contributed by atoms with Gasteiger partial charge in [0.2, 0.25) is 15.9 Å². The van der Waals surface area contributed by atoms with Crippen molar-refractivity contribution in [3.63, 3.8) is 0 Å². The third-order valence-corrected chi connectivity index (χ3v) is 7.01. The molecule has 1 amide bonds. The van der Waals surface area contributed by atoms with Crippen LogP contribution >= 0.6 is 0 Å². The summed E-state index contributed by atoms with van der Waals surface area (Å²) in [6, 6.07) is 15.0. The lowest BCUT2D eigenvalue weighted by Gasteiger charge is -2.23. The molecule has 29 heavy (non-hydrogen) atoms. The number of amides is 1. The zero-order valence-electron chi connectivity index (χ0n) is 17.5.